The van der Waals surface area contributed by atoms with Crippen LogP contribution in [-0.2, 0) is 9.63 Å². The smallest absolute Gasteiger partial charge is 0.260 e. The fourth-order valence-electron chi connectivity index (χ4n) is 2.85. The van der Waals surface area contributed by atoms with E-state index >= 15 is 0 Å². The molecule has 0 spiro atoms. The Morgan fingerprint density at radius 2 is 1.67 bits per heavy atom. The molecule has 0 radical (unpaired) electrons. The standard InChI is InChI=1S/C22H22N2O2S/c25-22(17-26-24-16-20-12-7-15-27-20)23-14-13-21(18-8-3-1-4-9-18)19-10-5-2-6-11-19/h1-12,15-16,21H,13-14,17H2,(H,23,25)/b24-16+. The summed E-state index contributed by atoms with van der Waals surface area (Å²) >= 11 is 1.56. The van der Waals surface area contributed by atoms with Crippen LogP contribution in [0.1, 0.15) is 28.3 Å². The number of oxime groups is 1. The van der Waals surface area contributed by atoms with Gasteiger partial charge in [0.2, 0.25) is 0 Å². The van der Waals surface area contributed by atoms with Gasteiger partial charge in [0, 0.05) is 17.3 Å². The summed E-state index contributed by atoms with van der Waals surface area (Å²) in [5.41, 5.74) is 2.49. The van der Waals surface area contributed by atoms with Gasteiger partial charge >= 0.3 is 0 Å². The topological polar surface area (TPSA) is 50.7 Å². The van der Waals surface area contributed by atoms with Gasteiger partial charge in [0.25, 0.3) is 5.91 Å². The van der Waals surface area contributed by atoms with Crippen LogP contribution in [0.2, 0.25) is 0 Å². The van der Waals surface area contributed by atoms with Crippen molar-refractivity contribution in [2.24, 2.45) is 5.16 Å². The molecule has 1 N–H and O–H groups in total. The maximum Gasteiger partial charge on any atom is 0.260 e. The van der Waals surface area contributed by atoms with Crippen LogP contribution >= 0.6 is 11.3 Å². The lowest BCUT2D eigenvalue weighted by molar-refractivity contribution is -0.125. The minimum atomic E-state index is -0.168. The highest BCUT2D eigenvalue weighted by Gasteiger charge is 2.14. The summed E-state index contributed by atoms with van der Waals surface area (Å²) in [6.45, 7) is 0.495. The van der Waals surface area contributed by atoms with Crippen molar-refractivity contribution in [1.82, 2.24) is 5.32 Å². The molecule has 2 aromatic carbocycles. The van der Waals surface area contributed by atoms with Gasteiger partial charge in [-0.15, -0.1) is 11.3 Å². The third kappa shape index (κ3) is 6.08. The second-order valence-electron chi connectivity index (χ2n) is 6.04. The predicted octanol–water partition coefficient (Wildman–Crippen LogP) is 4.44. The third-order valence-corrected chi connectivity index (χ3v) is 4.96. The van der Waals surface area contributed by atoms with Crippen molar-refractivity contribution < 1.29 is 9.63 Å². The van der Waals surface area contributed by atoms with E-state index < -0.39 is 0 Å². The molecule has 0 saturated heterocycles. The number of nitrogens with one attached hydrogen (secondary N) is 1. The molecule has 0 aliphatic rings. The monoisotopic (exact) mass is 378 g/mol. The molecule has 1 amide bonds. The molecule has 0 fully saturated rings. The summed E-state index contributed by atoms with van der Waals surface area (Å²) in [6.07, 6.45) is 2.43. The van der Waals surface area contributed by atoms with Gasteiger partial charge in [-0.1, -0.05) is 71.9 Å². The van der Waals surface area contributed by atoms with Crippen molar-refractivity contribution in [3.8, 4) is 0 Å². The van der Waals surface area contributed by atoms with Crippen molar-refractivity contribution in [3.63, 3.8) is 0 Å². The zero-order valence-electron chi connectivity index (χ0n) is 15.0. The summed E-state index contributed by atoms with van der Waals surface area (Å²) in [5.74, 6) is 0.0728. The summed E-state index contributed by atoms with van der Waals surface area (Å²) in [5, 5.41) is 8.69. The Balaban J connectivity index is 1.48. The van der Waals surface area contributed by atoms with Gasteiger partial charge in [-0.2, -0.15) is 0 Å². The lowest BCUT2D eigenvalue weighted by atomic mass is 9.88. The molecule has 0 aliphatic heterocycles. The molecule has 138 valence electrons. The van der Waals surface area contributed by atoms with Crippen molar-refractivity contribution in [1.29, 1.82) is 0 Å². The van der Waals surface area contributed by atoms with Gasteiger partial charge in [0.15, 0.2) is 6.61 Å². The number of rotatable bonds is 9. The highest BCUT2D eigenvalue weighted by Crippen LogP contribution is 2.27. The summed E-state index contributed by atoms with van der Waals surface area (Å²) < 4.78 is 0. The largest absolute Gasteiger partial charge is 0.386 e. The van der Waals surface area contributed by atoms with E-state index in [9.17, 15) is 4.79 Å². The molecule has 0 unspecified atom stereocenters. The van der Waals surface area contributed by atoms with Crippen LogP contribution in [0.25, 0.3) is 0 Å². The molecule has 27 heavy (non-hydrogen) atoms. The first-order valence-electron chi connectivity index (χ1n) is 8.88. The first kappa shape index (κ1) is 18.9. The van der Waals surface area contributed by atoms with E-state index in [-0.39, 0.29) is 18.4 Å². The van der Waals surface area contributed by atoms with Crippen LogP contribution in [0, 0.1) is 0 Å². The third-order valence-electron chi connectivity index (χ3n) is 4.15. The van der Waals surface area contributed by atoms with E-state index in [1.807, 2.05) is 53.9 Å². The van der Waals surface area contributed by atoms with E-state index in [1.54, 1.807) is 17.6 Å². The fraction of sp³-hybridized carbons (Fsp3) is 0.182. The lowest BCUT2D eigenvalue weighted by Gasteiger charge is -2.18. The lowest BCUT2D eigenvalue weighted by Crippen LogP contribution is -2.29. The molecule has 3 aromatic rings. The molecular formula is C22H22N2O2S. The van der Waals surface area contributed by atoms with Crippen molar-refractivity contribution in [3.05, 3.63) is 94.2 Å². The highest BCUT2D eigenvalue weighted by molar-refractivity contribution is 7.11. The average Bonchev–Trinajstić information content (AvgIpc) is 3.23. The molecule has 1 heterocycles. The van der Waals surface area contributed by atoms with Crippen LogP contribution in [0.5, 0.6) is 0 Å². The Kier molecular flexibility index (Phi) is 7.18. The number of amides is 1. The second-order valence-corrected chi connectivity index (χ2v) is 7.02. The Bertz CT molecular complexity index is 794. The van der Waals surface area contributed by atoms with Crippen LogP contribution in [0.4, 0.5) is 0 Å². The number of benzene rings is 2. The Morgan fingerprint density at radius 1 is 1.00 bits per heavy atom. The highest BCUT2D eigenvalue weighted by atomic mass is 32.1. The minimum Gasteiger partial charge on any atom is -0.386 e. The quantitative estimate of drug-likeness (QED) is 0.442. The van der Waals surface area contributed by atoms with Crippen LogP contribution in [0.3, 0.4) is 0 Å². The average molecular weight is 378 g/mol. The molecule has 3 rings (SSSR count). The number of hydrogen-bond donors (Lipinski definition) is 1. The van der Waals surface area contributed by atoms with E-state index in [0.717, 1.165) is 11.3 Å². The molecular weight excluding hydrogens is 356 g/mol. The Hall–Kier alpha value is -2.92. The first-order valence-corrected chi connectivity index (χ1v) is 9.76. The van der Waals surface area contributed by atoms with Crippen molar-refractivity contribution >= 4 is 23.5 Å². The van der Waals surface area contributed by atoms with Crippen LogP contribution in [0.15, 0.2) is 83.3 Å². The van der Waals surface area contributed by atoms with Crippen molar-refractivity contribution in [2.45, 2.75) is 12.3 Å². The van der Waals surface area contributed by atoms with E-state index in [2.05, 4.69) is 34.7 Å². The number of nitrogens with zero attached hydrogens (tertiary/aromatic N) is 1. The van der Waals surface area contributed by atoms with Crippen LogP contribution < -0.4 is 5.32 Å². The summed E-state index contributed by atoms with van der Waals surface area (Å²) in [7, 11) is 0. The molecule has 5 heteroatoms. The van der Waals surface area contributed by atoms with Gasteiger partial charge in [-0.05, 0) is 29.0 Å². The molecule has 0 atom stereocenters. The van der Waals surface area contributed by atoms with Gasteiger partial charge in [-0.25, -0.2) is 0 Å². The molecule has 4 nitrogen and oxygen atoms in total. The van der Waals surface area contributed by atoms with Crippen LogP contribution in [-0.4, -0.2) is 25.3 Å². The van der Waals surface area contributed by atoms with Gasteiger partial charge in [0.05, 0.1) is 6.21 Å². The number of hydrogen-bond acceptors (Lipinski definition) is 4. The minimum absolute atomic E-state index is 0.0801. The second kappa shape index (κ2) is 10.3. The number of carbonyl (C=O) groups is 1. The first-order chi connectivity index (χ1) is 13.3. The molecule has 1 aromatic heterocycles. The summed E-state index contributed by atoms with van der Waals surface area (Å²) in [4.78, 5) is 18.0. The van der Waals surface area contributed by atoms with Crippen molar-refractivity contribution in [2.75, 3.05) is 13.2 Å². The van der Waals surface area contributed by atoms with Gasteiger partial charge < -0.3 is 10.2 Å². The Morgan fingerprint density at radius 3 is 2.26 bits per heavy atom. The SMILES string of the molecule is O=C(CO/N=C/c1cccs1)NCCC(c1ccccc1)c1ccccc1. The Labute approximate surface area is 163 Å². The van der Waals surface area contributed by atoms with E-state index in [0.29, 0.717) is 6.54 Å². The number of thiophene rings is 1. The zero-order chi connectivity index (χ0) is 18.7. The maximum absolute atomic E-state index is 12.0. The van der Waals surface area contributed by atoms with Gasteiger partial charge in [-0.3, -0.25) is 4.79 Å². The molecule has 0 saturated carbocycles. The maximum atomic E-state index is 12.0. The molecule has 0 bridgehead atoms. The van der Waals surface area contributed by atoms with E-state index in [1.165, 1.54) is 11.1 Å². The zero-order valence-corrected chi connectivity index (χ0v) is 15.8. The van der Waals surface area contributed by atoms with Gasteiger partial charge in [0.1, 0.15) is 0 Å². The number of carbonyl (C=O) groups excluding carboxylic acids is 1. The predicted molar refractivity (Wildman–Crippen MR) is 110 cm³/mol. The molecule has 0 aliphatic carbocycles. The van der Waals surface area contributed by atoms with E-state index in [4.69, 9.17) is 4.84 Å². The summed E-state index contributed by atoms with van der Waals surface area (Å²) in [6, 6.07) is 24.6. The fourth-order valence-corrected chi connectivity index (χ4v) is 3.43. The normalized spacial score (nSPS) is 11.0.